The van der Waals surface area contributed by atoms with Crippen molar-refractivity contribution in [2.45, 2.75) is 64.3 Å². The largest absolute Gasteiger partial charge is 0.311 e. The first-order valence-electron chi connectivity index (χ1n) is 7.75. The normalized spacial score (nSPS) is 35.3. The third-order valence-electron chi connectivity index (χ3n) is 5.09. The summed E-state index contributed by atoms with van der Waals surface area (Å²) in [6.45, 7) is 9.85. The lowest BCUT2D eigenvalue weighted by Crippen LogP contribution is -2.41. The summed E-state index contributed by atoms with van der Waals surface area (Å²) in [7, 11) is 0. The Hall–Kier alpha value is -0.0800. The van der Waals surface area contributed by atoms with Crippen molar-refractivity contribution in [3.05, 3.63) is 0 Å². The predicted octanol–water partition coefficient (Wildman–Crippen LogP) is 3.03. The van der Waals surface area contributed by atoms with Gasteiger partial charge in [0.2, 0.25) is 0 Å². The van der Waals surface area contributed by atoms with Crippen LogP contribution in [0.5, 0.6) is 0 Å². The molecule has 2 unspecified atom stereocenters. The molecule has 0 saturated carbocycles. The van der Waals surface area contributed by atoms with Gasteiger partial charge in [0.25, 0.3) is 0 Å². The summed E-state index contributed by atoms with van der Waals surface area (Å²) in [5, 5.41) is 3.77. The Bertz CT molecular complexity index is 221. The fourth-order valence-electron chi connectivity index (χ4n) is 3.72. The summed E-state index contributed by atoms with van der Waals surface area (Å²) in [6, 6.07) is 0. The molecule has 2 rings (SSSR count). The van der Waals surface area contributed by atoms with E-state index in [1.807, 2.05) is 0 Å². The van der Waals surface area contributed by atoms with Gasteiger partial charge in [0.15, 0.2) is 0 Å². The predicted molar refractivity (Wildman–Crippen MR) is 74.3 cm³/mol. The second-order valence-electron chi connectivity index (χ2n) is 6.10. The van der Waals surface area contributed by atoms with Crippen LogP contribution in [0.15, 0.2) is 0 Å². The molecule has 2 nitrogen and oxygen atoms in total. The maximum Gasteiger partial charge on any atom is 0.0179 e. The average molecular weight is 238 g/mol. The summed E-state index contributed by atoms with van der Waals surface area (Å²) in [5.41, 5.74) is 0.508. The Labute approximate surface area is 107 Å². The molecule has 2 heterocycles. The molecule has 0 radical (unpaired) electrons. The van der Waals surface area contributed by atoms with Crippen molar-refractivity contribution in [1.82, 2.24) is 10.2 Å². The van der Waals surface area contributed by atoms with Gasteiger partial charge >= 0.3 is 0 Å². The van der Waals surface area contributed by atoms with Gasteiger partial charge in [-0.25, -0.2) is 0 Å². The molecule has 0 aliphatic carbocycles. The standard InChI is InChI=1S/C15H30N2/c1-3-15(9-6-11-16-15)10-8-14-7-5-12-17(4-2)13-14/h14,16H,3-13H2,1-2H3. The van der Waals surface area contributed by atoms with Crippen molar-refractivity contribution in [3.8, 4) is 0 Å². The van der Waals surface area contributed by atoms with E-state index < -0.39 is 0 Å². The molecule has 2 heteroatoms. The minimum absolute atomic E-state index is 0.508. The van der Waals surface area contributed by atoms with Gasteiger partial charge in [-0.3, -0.25) is 0 Å². The second-order valence-corrected chi connectivity index (χ2v) is 6.10. The third-order valence-corrected chi connectivity index (χ3v) is 5.09. The molecule has 1 N–H and O–H groups in total. The molecule has 0 aromatic heterocycles. The van der Waals surface area contributed by atoms with E-state index in [4.69, 9.17) is 0 Å². The first kappa shape index (κ1) is 13.4. The van der Waals surface area contributed by atoms with Gasteiger partial charge in [-0.05, 0) is 70.5 Å². The maximum absolute atomic E-state index is 3.77. The van der Waals surface area contributed by atoms with Gasteiger partial charge in [-0.1, -0.05) is 13.8 Å². The van der Waals surface area contributed by atoms with Crippen LogP contribution >= 0.6 is 0 Å². The second kappa shape index (κ2) is 6.19. The van der Waals surface area contributed by atoms with Gasteiger partial charge in [-0.15, -0.1) is 0 Å². The first-order valence-corrected chi connectivity index (χ1v) is 7.75. The molecule has 17 heavy (non-hydrogen) atoms. The average Bonchev–Trinajstić information content (AvgIpc) is 2.86. The quantitative estimate of drug-likeness (QED) is 0.792. The van der Waals surface area contributed by atoms with Crippen molar-refractivity contribution in [2.24, 2.45) is 5.92 Å². The van der Waals surface area contributed by atoms with E-state index in [1.165, 1.54) is 71.1 Å². The van der Waals surface area contributed by atoms with E-state index >= 15 is 0 Å². The Kier molecular flexibility index (Phi) is 4.87. The lowest BCUT2D eigenvalue weighted by atomic mass is 9.83. The van der Waals surface area contributed by atoms with Crippen LogP contribution in [0, 0.1) is 5.92 Å². The topological polar surface area (TPSA) is 15.3 Å². The lowest BCUT2D eigenvalue weighted by molar-refractivity contribution is 0.163. The highest BCUT2D eigenvalue weighted by molar-refractivity contribution is 4.92. The van der Waals surface area contributed by atoms with Crippen LogP contribution in [0.1, 0.15) is 58.8 Å². The number of nitrogens with zero attached hydrogens (tertiary/aromatic N) is 1. The molecule has 0 spiro atoms. The molecule has 2 atom stereocenters. The first-order chi connectivity index (χ1) is 8.28. The van der Waals surface area contributed by atoms with Crippen LogP contribution in [-0.4, -0.2) is 36.6 Å². The van der Waals surface area contributed by atoms with Gasteiger partial charge in [0.1, 0.15) is 0 Å². The maximum atomic E-state index is 3.77. The smallest absolute Gasteiger partial charge is 0.0179 e. The van der Waals surface area contributed by atoms with Crippen molar-refractivity contribution >= 4 is 0 Å². The highest BCUT2D eigenvalue weighted by Crippen LogP contribution is 2.31. The van der Waals surface area contributed by atoms with Gasteiger partial charge in [-0.2, -0.15) is 0 Å². The van der Waals surface area contributed by atoms with E-state index in [2.05, 4.69) is 24.1 Å². The van der Waals surface area contributed by atoms with Gasteiger partial charge in [0.05, 0.1) is 0 Å². The zero-order valence-electron chi connectivity index (χ0n) is 11.8. The van der Waals surface area contributed by atoms with E-state index in [9.17, 15) is 0 Å². The Morgan fingerprint density at radius 1 is 1.29 bits per heavy atom. The highest BCUT2D eigenvalue weighted by atomic mass is 15.1. The molecule has 2 aliphatic heterocycles. The molecule has 2 saturated heterocycles. The summed E-state index contributed by atoms with van der Waals surface area (Å²) < 4.78 is 0. The Balaban J connectivity index is 1.76. The fraction of sp³-hybridized carbons (Fsp3) is 1.00. The van der Waals surface area contributed by atoms with Crippen LogP contribution in [0.4, 0.5) is 0 Å². The molecule has 0 aromatic rings. The summed E-state index contributed by atoms with van der Waals surface area (Å²) >= 11 is 0. The number of likely N-dealkylation sites (tertiary alicyclic amines) is 1. The number of rotatable bonds is 5. The van der Waals surface area contributed by atoms with Crippen LogP contribution in [0.3, 0.4) is 0 Å². The Morgan fingerprint density at radius 2 is 2.18 bits per heavy atom. The number of hydrogen-bond donors (Lipinski definition) is 1. The SMILES string of the molecule is CCN1CCCC(CCC2(CC)CCCN2)C1. The zero-order valence-corrected chi connectivity index (χ0v) is 11.8. The van der Waals surface area contributed by atoms with Crippen molar-refractivity contribution in [3.63, 3.8) is 0 Å². The van der Waals surface area contributed by atoms with Crippen LogP contribution in [-0.2, 0) is 0 Å². The molecular formula is C15H30N2. The number of piperidine rings is 1. The van der Waals surface area contributed by atoms with E-state index in [0.29, 0.717) is 5.54 Å². The summed E-state index contributed by atoms with van der Waals surface area (Å²) in [6.07, 6.45) is 9.86. The Morgan fingerprint density at radius 3 is 2.82 bits per heavy atom. The van der Waals surface area contributed by atoms with E-state index in [1.54, 1.807) is 0 Å². The number of hydrogen-bond acceptors (Lipinski definition) is 2. The minimum atomic E-state index is 0.508. The molecule has 0 amide bonds. The van der Waals surface area contributed by atoms with Gasteiger partial charge < -0.3 is 10.2 Å². The van der Waals surface area contributed by atoms with Gasteiger partial charge in [0, 0.05) is 12.1 Å². The lowest BCUT2D eigenvalue weighted by Gasteiger charge is -2.35. The summed E-state index contributed by atoms with van der Waals surface area (Å²) in [5.74, 6) is 0.967. The highest BCUT2D eigenvalue weighted by Gasteiger charge is 2.32. The van der Waals surface area contributed by atoms with Crippen LogP contribution < -0.4 is 5.32 Å². The van der Waals surface area contributed by atoms with E-state index in [0.717, 1.165) is 5.92 Å². The molecule has 2 fully saturated rings. The third kappa shape index (κ3) is 3.45. The molecule has 0 aromatic carbocycles. The number of nitrogens with one attached hydrogen (secondary N) is 1. The van der Waals surface area contributed by atoms with Crippen LogP contribution in [0.2, 0.25) is 0 Å². The van der Waals surface area contributed by atoms with Crippen molar-refractivity contribution < 1.29 is 0 Å². The monoisotopic (exact) mass is 238 g/mol. The van der Waals surface area contributed by atoms with E-state index in [-0.39, 0.29) is 0 Å². The fourth-order valence-corrected chi connectivity index (χ4v) is 3.72. The molecular weight excluding hydrogens is 208 g/mol. The minimum Gasteiger partial charge on any atom is -0.311 e. The van der Waals surface area contributed by atoms with Crippen molar-refractivity contribution in [2.75, 3.05) is 26.2 Å². The molecule has 0 bridgehead atoms. The zero-order chi connectivity index (χ0) is 12.1. The molecule has 100 valence electrons. The van der Waals surface area contributed by atoms with Crippen LogP contribution in [0.25, 0.3) is 0 Å². The van der Waals surface area contributed by atoms with Crippen molar-refractivity contribution in [1.29, 1.82) is 0 Å². The summed E-state index contributed by atoms with van der Waals surface area (Å²) in [4.78, 5) is 2.63. The molecule has 2 aliphatic rings.